The van der Waals surface area contributed by atoms with E-state index >= 15 is 0 Å². The van der Waals surface area contributed by atoms with Gasteiger partial charge >= 0.3 is 0 Å². The Morgan fingerprint density at radius 2 is 1.61 bits per heavy atom. The molecule has 0 aliphatic heterocycles. The second-order valence-corrected chi connectivity index (χ2v) is 7.67. The highest BCUT2D eigenvalue weighted by Crippen LogP contribution is 2.09. The van der Waals surface area contributed by atoms with Crippen molar-refractivity contribution in [2.75, 3.05) is 46.9 Å². The number of aromatic hydroxyl groups is 1. The first-order chi connectivity index (χ1) is 16.0. The second-order valence-electron chi connectivity index (χ2n) is 7.67. The van der Waals surface area contributed by atoms with Crippen LogP contribution in [0.3, 0.4) is 0 Å². The number of carbonyl (C=O) groups excluding carboxylic acids is 2. The topological polar surface area (TPSA) is 100 Å². The van der Waals surface area contributed by atoms with E-state index in [4.69, 9.17) is 9.47 Å². The number of hydrogen-bond acceptors (Lipinski definition) is 6. The van der Waals surface area contributed by atoms with E-state index in [1.807, 2.05) is 42.5 Å². The standard InChI is InChI=1S/C25H35N3O5/c1-32-25(33-2)19-28(17-14-20-6-4-3-5-7-20)24(31)18-27-23(30)13-16-26-15-12-21-8-10-22(29)11-9-21/h3-11,25-26,29H,12-19H2,1-2H3,(H,27,30). The van der Waals surface area contributed by atoms with E-state index in [9.17, 15) is 14.7 Å². The van der Waals surface area contributed by atoms with Gasteiger partial charge < -0.3 is 30.1 Å². The maximum absolute atomic E-state index is 12.8. The van der Waals surface area contributed by atoms with Crippen molar-refractivity contribution < 1.29 is 24.2 Å². The average molecular weight is 458 g/mol. The first-order valence-electron chi connectivity index (χ1n) is 11.1. The highest BCUT2D eigenvalue weighted by Gasteiger charge is 2.19. The fraction of sp³-hybridized carbons (Fsp3) is 0.440. The maximum Gasteiger partial charge on any atom is 0.242 e. The van der Waals surface area contributed by atoms with Crippen molar-refractivity contribution in [3.8, 4) is 5.75 Å². The monoisotopic (exact) mass is 457 g/mol. The van der Waals surface area contributed by atoms with Crippen LogP contribution in [0.5, 0.6) is 5.75 Å². The minimum atomic E-state index is -0.529. The molecule has 0 unspecified atom stereocenters. The molecule has 33 heavy (non-hydrogen) atoms. The number of methoxy groups -OCH3 is 2. The van der Waals surface area contributed by atoms with E-state index in [0.717, 1.165) is 24.1 Å². The van der Waals surface area contributed by atoms with Crippen LogP contribution in [-0.4, -0.2) is 75.1 Å². The van der Waals surface area contributed by atoms with Crippen molar-refractivity contribution in [1.29, 1.82) is 0 Å². The molecule has 0 atom stereocenters. The Kier molecular flexibility index (Phi) is 12.0. The first kappa shape index (κ1) is 26.3. The zero-order valence-electron chi connectivity index (χ0n) is 19.5. The molecular formula is C25H35N3O5. The number of rotatable bonds is 15. The number of benzene rings is 2. The van der Waals surface area contributed by atoms with Gasteiger partial charge in [0.25, 0.3) is 0 Å². The van der Waals surface area contributed by atoms with Crippen molar-refractivity contribution in [2.45, 2.75) is 25.6 Å². The van der Waals surface area contributed by atoms with Gasteiger partial charge in [-0.15, -0.1) is 0 Å². The van der Waals surface area contributed by atoms with Crippen LogP contribution in [0.1, 0.15) is 17.5 Å². The van der Waals surface area contributed by atoms with Gasteiger partial charge in [0.2, 0.25) is 11.8 Å². The summed E-state index contributed by atoms with van der Waals surface area (Å²) >= 11 is 0. The van der Waals surface area contributed by atoms with Gasteiger partial charge in [-0.3, -0.25) is 9.59 Å². The van der Waals surface area contributed by atoms with Crippen molar-refractivity contribution in [3.63, 3.8) is 0 Å². The van der Waals surface area contributed by atoms with Crippen LogP contribution in [0.15, 0.2) is 54.6 Å². The summed E-state index contributed by atoms with van der Waals surface area (Å²) in [5, 5.41) is 15.2. The van der Waals surface area contributed by atoms with Crippen LogP contribution in [0.2, 0.25) is 0 Å². The van der Waals surface area contributed by atoms with E-state index in [1.165, 1.54) is 14.2 Å². The van der Waals surface area contributed by atoms with Crippen LogP contribution < -0.4 is 10.6 Å². The van der Waals surface area contributed by atoms with Gasteiger partial charge in [0.1, 0.15) is 5.75 Å². The molecule has 0 saturated heterocycles. The summed E-state index contributed by atoms with van der Waals surface area (Å²) in [5.74, 6) is -0.117. The predicted molar refractivity (Wildman–Crippen MR) is 127 cm³/mol. The molecule has 0 aliphatic carbocycles. The number of phenols is 1. The van der Waals surface area contributed by atoms with E-state index in [-0.39, 0.29) is 37.1 Å². The summed E-state index contributed by atoms with van der Waals surface area (Å²) in [4.78, 5) is 26.6. The third kappa shape index (κ3) is 10.5. The molecule has 8 heteroatoms. The lowest BCUT2D eigenvalue weighted by Gasteiger charge is -2.26. The Hall–Kier alpha value is -2.94. The number of ether oxygens (including phenoxy) is 2. The molecule has 2 aromatic carbocycles. The maximum atomic E-state index is 12.8. The molecule has 0 radical (unpaired) electrons. The lowest BCUT2D eigenvalue weighted by atomic mass is 10.1. The number of nitrogens with one attached hydrogen (secondary N) is 2. The average Bonchev–Trinajstić information content (AvgIpc) is 2.84. The minimum Gasteiger partial charge on any atom is -0.508 e. The minimum absolute atomic E-state index is 0.0682. The van der Waals surface area contributed by atoms with Crippen molar-refractivity contribution >= 4 is 11.8 Å². The Morgan fingerprint density at radius 3 is 2.27 bits per heavy atom. The summed E-state index contributed by atoms with van der Waals surface area (Å²) < 4.78 is 10.5. The molecule has 0 fully saturated rings. The largest absolute Gasteiger partial charge is 0.508 e. The van der Waals surface area contributed by atoms with Gasteiger partial charge in [-0.2, -0.15) is 0 Å². The van der Waals surface area contributed by atoms with E-state index < -0.39 is 6.29 Å². The Morgan fingerprint density at radius 1 is 0.939 bits per heavy atom. The number of carbonyl (C=O) groups is 2. The quantitative estimate of drug-likeness (QED) is 0.278. The zero-order valence-corrected chi connectivity index (χ0v) is 19.5. The molecule has 2 aromatic rings. The molecule has 0 heterocycles. The van der Waals surface area contributed by atoms with Gasteiger partial charge in [-0.1, -0.05) is 42.5 Å². The SMILES string of the molecule is COC(CN(CCc1ccccc1)C(=O)CNC(=O)CCNCCc1ccc(O)cc1)OC. The Labute approximate surface area is 195 Å². The van der Waals surface area contributed by atoms with E-state index in [1.54, 1.807) is 17.0 Å². The smallest absolute Gasteiger partial charge is 0.242 e. The molecule has 8 nitrogen and oxygen atoms in total. The van der Waals surface area contributed by atoms with Crippen LogP contribution in [-0.2, 0) is 31.9 Å². The molecule has 2 rings (SSSR count). The van der Waals surface area contributed by atoms with Gasteiger partial charge in [0.05, 0.1) is 13.1 Å². The molecule has 0 saturated carbocycles. The van der Waals surface area contributed by atoms with Gasteiger partial charge in [-0.25, -0.2) is 0 Å². The lowest BCUT2D eigenvalue weighted by Crippen LogP contribution is -2.45. The van der Waals surface area contributed by atoms with Crippen LogP contribution in [0.4, 0.5) is 0 Å². The van der Waals surface area contributed by atoms with Crippen molar-refractivity contribution in [1.82, 2.24) is 15.5 Å². The fourth-order valence-corrected chi connectivity index (χ4v) is 3.25. The highest BCUT2D eigenvalue weighted by atomic mass is 16.7. The number of nitrogens with zero attached hydrogens (tertiary/aromatic N) is 1. The fourth-order valence-electron chi connectivity index (χ4n) is 3.25. The lowest BCUT2D eigenvalue weighted by molar-refractivity contribution is -0.145. The first-order valence-corrected chi connectivity index (χ1v) is 11.1. The number of amides is 2. The summed E-state index contributed by atoms with van der Waals surface area (Å²) in [6, 6.07) is 17.0. The molecule has 180 valence electrons. The summed E-state index contributed by atoms with van der Waals surface area (Å²) in [6.45, 7) is 1.96. The third-order valence-electron chi connectivity index (χ3n) is 5.25. The van der Waals surface area contributed by atoms with E-state index in [2.05, 4.69) is 10.6 Å². The van der Waals surface area contributed by atoms with E-state index in [0.29, 0.717) is 19.5 Å². The molecule has 0 spiro atoms. The predicted octanol–water partition coefficient (Wildman–Crippen LogP) is 1.72. The molecular weight excluding hydrogens is 422 g/mol. The number of phenolic OH excluding ortho intramolecular Hbond substituents is 1. The third-order valence-corrected chi connectivity index (χ3v) is 5.25. The molecule has 0 bridgehead atoms. The summed E-state index contributed by atoms with van der Waals surface area (Å²) in [5.41, 5.74) is 2.24. The Balaban J connectivity index is 1.71. The van der Waals surface area contributed by atoms with Gasteiger partial charge in [0, 0.05) is 33.7 Å². The normalized spacial score (nSPS) is 10.9. The summed E-state index contributed by atoms with van der Waals surface area (Å²) in [7, 11) is 3.06. The summed E-state index contributed by atoms with van der Waals surface area (Å²) in [6.07, 6.45) is 1.26. The Bertz CT molecular complexity index is 826. The number of hydrogen-bond donors (Lipinski definition) is 3. The van der Waals surface area contributed by atoms with Crippen molar-refractivity contribution in [2.24, 2.45) is 0 Å². The van der Waals surface area contributed by atoms with Gasteiger partial charge in [0.15, 0.2) is 6.29 Å². The second kappa shape index (κ2) is 15.0. The zero-order chi connectivity index (χ0) is 23.9. The van der Waals surface area contributed by atoms with Crippen LogP contribution in [0.25, 0.3) is 0 Å². The van der Waals surface area contributed by atoms with Crippen molar-refractivity contribution in [3.05, 3.63) is 65.7 Å². The molecule has 3 N–H and O–H groups in total. The molecule has 2 amide bonds. The molecule has 0 aliphatic rings. The molecule has 0 aromatic heterocycles. The van der Waals surface area contributed by atoms with Crippen LogP contribution in [0, 0.1) is 0 Å². The van der Waals surface area contributed by atoms with Gasteiger partial charge in [-0.05, 0) is 42.6 Å². The highest BCUT2D eigenvalue weighted by molar-refractivity contribution is 5.84. The van der Waals surface area contributed by atoms with Crippen LogP contribution >= 0.6 is 0 Å².